The molecule has 0 saturated carbocycles. The monoisotopic (exact) mass is 507 g/mol. The zero-order chi connectivity index (χ0) is 26.1. The van der Waals surface area contributed by atoms with Gasteiger partial charge in [-0.25, -0.2) is 4.98 Å². The van der Waals surface area contributed by atoms with Crippen molar-refractivity contribution in [1.29, 1.82) is 0 Å². The minimum atomic E-state index is -1.20. The number of nitrogens with two attached hydrogens (primary N) is 1. The number of nitrogens with zero attached hydrogens (tertiary/aromatic N) is 1. The summed E-state index contributed by atoms with van der Waals surface area (Å²) >= 11 is 1.55. The molecule has 3 aliphatic rings. The fourth-order valence-corrected chi connectivity index (χ4v) is 5.77. The van der Waals surface area contributed by atoms with Gasteiger partial charge in [-0.15, -0.1) is 11.3 Å². The molecule has 1 unspecified atom stereocenters. The Morgan fingerprint density at radius 1 is 1.31 bits per heavy atom. The lowest BCUT2D eigenvalue weighted by Crippen LogP contribution is -2.64. The van der Waals surface area contributed by atoms with E-state index >= 15 is 0 Å². The third-order valence-corrected chi connectivity index (χ3v) is 8.53. The molecule has 5 N–H and O–H groups in total. The van der Waals surface area contributed by atoms with Crippen LogP contribution in [0.1, 0.15) is 77.4 Å². The van der Waals surface area contributed by atoms with Crippen LogP contribution in [0.15, 0.2) is 11.0 Å². The number of thiazole rings is 1. The Bertz CT molecular complexity index is 953. The zero-order valence-electron chi connectivity index (χ0n) is 21.7. The van der Waals surface area contributed by atoms with Gasteiger partial charge in [0.15, 0.2) is 0 Å². The Morgan fingerprint density at radius 3 is 2.57 bits per heavy atom. The third-order valence-electron chi connectivity index (χ3n) is 7.74. The van der Waals surface area contributed by atoms with Crippen LogP contribution in [0, 0.1) is 24.2 Å². The lowest BCUT2D eigenvalue weighted by molar-refractivity contribution is -0.214. The molecule has 2 bridgehead atoms. The molecule has 1 aromatic heterocycles. The van der Waals surface area contributed by atoms with Crippen LogP contribution in [0.3, 0.4) is 0 Å². The molecule has 9 heteroatoms. The average Bonchev–Trinajstić information content (AvgIpc) is 3.17. The summed E-state index contributed by atoms with van der Waals surface area (Å²) in [6.45, 7) is 10.7. The van der Waals surface area contributed by atoms with E-state index in [9.17, 15) is 19.8 Å². The van der Waals surface area contributed by atoms with Gasteiger partial charge in [-0.3, -0.25) is 9.59 Å². The molecule has 0 aromatic carbocycles. The number of carbonyl (C=O) groups excluding carboxylic acids is 2. The molecule has 196 valence electrons. The summed E-state index contributed by atoms with van der Waals surface area (Å²) in [5, 5.41) is 27.6. The summed E-state index contributed by atoms with van der Waals surface area (Å²) in [6, 6.07) is -0.431. The number of aryl methyl sites for hydroxylation is 1. The smallest absolute Gasteiger partial charge is 0.223 e. The Morgan fingerprint density at radius 2 is 1.97 bits per heavy atom. The minimum absolute atomic E-state index is 0.114. The standard InChI is InChI=1S/C26H41N3O5S/c1-14-8-7-9-26(27)12-19(34-26)22(15(2)10-18-13-35-17(4)28-18)29-21(31)11-20(30)25(5,6)24(33)16(3)23(14)32/h10,13-14,16,19-20,22-23,30,32H,7-9,11-12,27H2,1-6H3,(H,29,31)/b15-10+/t14-,16+,19?,20-,22+,23-,26+/m0/s1. The molecular weight excluding hydrogens is 466 g/mol. The van der Waals surface area contributed by atoms with Gasteiger partial charge in [0.05, 0.1) is 46.9 Å². The Labute approximate surface area is 212 Å². The Hall–Kier alpha value is -1.65. The lowest BCUT2D eigenvalue weighted by atomic mass is 9.72. The number of carbonyl (C=O) groups is 2. The van der Waals surface area contributed by atoms with Crippen LogP contribution in [-0.4, -0.2) is 57.0 Å². The van der Waals surface area contributed by atoms with Gasteiger partial charge >= 0.3 is 0 Å². The first-order valence-electron chi connectivity index (χ1n) is 12.5. The number of nitrogens with one attached hydrogen (secondary N) is 1. The molecule has 3 aliphatic heterocycles. The molecule has 1 amide bonds. The molecule has 4 heterocycles. The van der Waals surface area contributed by atoms with E-state index < -0.39 is 35.3 Å². The van der Waals surface area contributed by atoms with E-state index in [0.29, 0.717) is 19.3 Å². The molecule has 8 nitrogen and oxygen atoms in total. The number of amides is 1. The normalized spacial score (nSPS) is 37.5. The first kappa shape index (κ1) is 27.9. The fourth-order valence-electron chi connectivity index (χ4n) is 5.20. The third kappa shape index (κ3) is 6.38. The molecular formula is C26H41N3O5S. The van der Waals surface area contributed by atoms with Crippen molar-refractivity contribution in [3.8, 4) is 0 Å². The molecule has 35 heavy (non-hydrogen) atoms. The van der Waals surface area contributed by atoms with Gasteiger partial charge < -0.3 is 26.0 Å². The van der Waals surface area contributed by atoms with E-state index in [2.05, 4.69) is 10.3 Å². The van der Waals surface area contributed by atoms with Gasteiger partial charge in [-0.2, -0.15) is 0 Å². The predicted molar refractivity (Wildman–Crippen MR) is 136 cm³/mol. The van der Waals surface area contributed by atoms with E-state index in [1.54, 1.807) is 32.1 Å². The number of hydrogen-bond donors (Lipinski definition) is 4. The molecule has 0 radical (unpaired) electrons. The Kier molecular flexibility index (Phi) is 8.59. The van der Waals surface area contributed by atoms with Gasteiger partial charge in [-0.1, -0.05) is 27.7 Å². The maximum Gasteiger partial charge on any atom is 0.223 e. The highest BCUT2D eigenvalue weighted by atomic mass is 32.1. The van der Waals surface area contributed by atoms with Gasteiger partial charge in [-0.05, 0) is 50.7 Å². The van der Waals surface area contributed by atoms with E-state index in [0.717, 1.165) is 22.7 Å². The van der Waals surface area contributed by atoms with Crippen LogP contribution >= 0.6 is 11.3 Å². The van der Waals surface area contributed by atoms with Crippen molar-refractivity contribution in [2.75, 3.05) is 0 Å². The van der Waals surface area contributed by atoms with Crippen molar-refractivity contribution in [3.05, 3.63) is 21.7 Å². The summed E-state index contributed by atoms with van der Waals surface area (Å²) in [4.78, 5) is 30.7. The van der Waals surface area contributed by atoms with Crippen molar-refractivity contribution in [3.63, 3.8) is 0 Å². The van der Waals surface area contributed by atoms with Crippen LogP contribution in [0.4, 0.5) is 0 Å². The maximum atomic E-state index is 13.2. The number of aromatic nitrogens is 1. The largest absolute Gasteiger partial charge is 0.392 e. The maximum absolute atomic E-state index is 13.2. The average molecular weight is 508 g/mol. The zero-order valence-corrected chi connectivity index (χ0v) is 22.5. The number of rotatable bonds is 2. The molecule has 0 aliphatic carbocycles. The second-order valence-electron chi connectivity index (χ2n) is 11.1. The molecule has 4 rings (SSSR count). The predicted octanol–water partition coefficient (Wildman–Crippen LogP) is 2.95. The fraction of sp³-hybridized carbons (Fsp3) is 0.731. The summed E-state index contributed by atoms with van der Waals surface area (Å²) < 4.78 is 6.15. The molecule has 1 aromatic rings. The number of ketones is 1. The number of ether oxygens (including phenoxy) is 1. The van der Waals surface area contributed by atoms with E-state index in [1.165, 1.54) is 0 Å². The summed E-state index contributed by atoms with van der Waals surface area (Å²) in [7, 11) is 0. The molecule has 0 spiro atoms. The molecule has 7 atom stereocenters. The van der Waals surface area contributed by atoms with Gasteiger partial charge in [0, 0.05) is 17.7 Å². The van der Waals surface area contributed by atoms with Gasteiger partial charge in [0.2, 0.25) is 5.91 Å². The highest BCUT2D eigenvalue weighted by Crippen LogP contribution is 2.38. The van der Waals surface area contributed by atoms with Crippen molar-refractivity contribution in [1.82, 2.24) is 10.3 Å². The van der Waals surface area contributed by atoms with Crippen LogP contribution < -0.4 is 11.1 Å². The number of Topliss-reactive ketones (excluding diaryl/α,β-unsaturated/α-hetero) is 1. The van der Waals surface area contributed by atoms with Crippen molar-refractivity contribution in [2.45, 2.75) is 104 Å². The van der Waals surface area contributed by atoms with Crippen LogP contribution in [0.5, 0.6) is 0 Å². The SMILES string of the molecule is C/C(=C\c1csc(C)n1)[C@H]1NC(=O)C[C@H](O)C(C)(C)C(=O)[C@H](C)[C@@H](O)[C@@H](C)CCC[C@]2(N)CC1O2. The highest BCUT2D eigenvalue weighted by molar-refractivity contribution is 7.09. The topological polar surface area (TPSA) is 135 Å². The van der Waals surface area contributed by atoms with Crippen molar-refractivity contribution in [2.24, 2.45) is 23.0 Å². The van der Waals surface area contributed by atoms with Crippen LogP contribution in [-0.2, 0) is 14.3 Å². The van der Waals surface area contributed by atoms with Crippen molar-refractivity contribution >= 4 is 29.1 Å². The highest BCUT2D eigenvalue weighted by Gasteiger charge is 2.47. The van der Waals surface area contributed by atoms with Gasteiger partial charge in [0.25, 0.3) is 0 Å². The summed E-state index contributed by atoms with van der Waals surface area (Å²) in [5.74, 6) is -1.41. The number of fused-ring (bicyclic) bond motifs is 12. The van der Waals surface area contributed by atoms with E-state index in [4.69, 9.17) is 10.5 Å². The minimum Gasteiger partial charge on any atom is -0.392 e. The number of aliphatic hydroxyl groups is 2. The first-order chi connectivity index (χ1) is 16.2. The molecule has 3 fully saturated rings. The van der Waals surface area contributed by atoms with Crippen LogP contribution in [0.25, 0.3) is 6.08 Å². The summed E-state index contributed by atoms with van der Waals surface area (Å²) in [5.41, 5.74) is 6.20. The Balaban J connectivity index is 1.87. The second-order valence-corrected chi connectivity index (χ2v) is 12.2. The van der Waals surface area contributed by atoms with Crippen LogP contribution in [0.2, 0.25) is 0 Å². The molecule has 3 saturated heterocycles. The number of hydrogen-bond acceptors (Lipinski definition) is 8. The van der Waals surface area contributed by atoms with E-state index in [1.807, 2.05) is 32.2 Å². The number of aliphatic hydroxyl groups excluding tert-OH is 2. The van der Waals surface area contributed by atoms with Crippen molar-refractivity contribution < 1.29 is 24.5 Å². The second kappa shape index (κ2) is 10.8. The first-order valence-corrected chi connectivity index (χ1v) is 13.4. The quantitative estimate of drug-likeness (QED) is 0.483. The summed E-state index contributed by atoms with van der Waals surface area (Å²) in [6.07, 6.45) is 2.01. The van der Waals surface area contributed by atoms with Gasteiger partial charge in [0.1, 0.15) is 11.5 Å². The lowest BCUT2D eigenvalue weighted by Gasteiger charge is -2.49. The van der Waals surface area contributed by atoms with E-state index in [-0.39, 0.29) is 30.1 Å².